The summed E-state index contributed by atoms with van der Waals surface area (Å²) >= 11 is 0. The first-order chi connectivity index (χ1) is 10.2. The smallest absolute Gasteiger partial charge is 0.306 e. The van der Waals surface area contributed by atoms with Gasteiger partial charge in [-0.1, -0.05) is 26.0 Å². The lowest BCUT2D eigenvalue weighted by atomic mass is 9.68. The Bertz CT molecular complexity index is 632. The van der Waals surface area contributed by atoms with E-state index in [0.717, 1.165) is 18.6 Å². The molecule has 0 bridgehead atoms. The van der Waals surface area contributed by atoms with Crippen LogP contribution in [0.1, 0.15) is 37.8 Å². The normalized spacial score (nSPS) is 27.1. The molecule has 1 aromatic carbocycles. The van der Waals surface area contributed by atoms with Crippen molar-refractivity contribution in [2.45, 2.75) is 38.9 Å². The van der Waals surface area contributed by atoms with Gasteiger partial charge in [0.15, 0.2) is 0 Å². The summed E-state index contributed by atoms with van der Waals surface area (Å²) in [5, 5.41) is 4.22. The van der Waals surface area contributed by atoms with E-state index in [9.17, 15) is 18.0 Å². The Labute approximate surface area is 126 Å². The number of rotatable bonds is 1. The fraction of sp³-hybridized carbons (Fsp3) is 0.500. The zero-order valence-corrected chi connectivity index (χ0v) is 12.4. The highest BCUT2D eigenvalue weighted by Gasteiger charge is 2.46. The molecule has 1 aliphatic heterocycles. The fourth-order valence-electron chi connectivity index (χ4n) is 3.35. The second-order valence-electron chi connectivity index (χ2n) is 6.80. The first-order valence-corrected chi connectivity index (χ1v) is 7.21. The van der Waals surface area contributed by atoms with E-state index < -0.39 is 11.7 Å². The third kappa shape index (κ3) is 2.62. The Morgan fingerprint density at radius 1 is 1.23 bits per heavy atom. The molecule has 6 heteroatoms. The number of fused-ring (bicyclic) bond motifs is 1. The van der Waals surface area contributed by atoms with Crippen LogP contribution in [-0.2, 0) is 11.0 Å². The molecule has 1 fully saturated rings. The van der Waals surface area contributed by atoms with Crippen molar-refractivity contribution in [2.24, 2.45) is 16.4 Å². The molecule has 118 valence electrons. The van der Waals surface area contributed by atoms with Crippen molar-refractivity contribution in [1.29, 1.82) is 0 Å². The van der Waals surface area contributed by atoms with Gasteiger partial charge in [0, 0.05) is 6.42 Å². The van der Waals surface area contributed by atoms with Crippen LogP contribution < -0.4 is 5.43 Å². The summed E-state index contributed by atoms with van der Waals surface area (Å²) in [6, 6.07) is 4.77. The minimum atomic E-state index is -4.36. The summed E-state index contributed by atoms with van der Waals surface area (Å²) in [7, 11) is 0. The van der Waals surface area contributed by atoms with Crippen molar-refractivity contribution >= 4 is 11.5 Å². The van der Waals surface area contributed by atoms with Crippen LogP contribution >= 0.6 is 0 Å². The molecule has 2 aliphatic rings. The monoisotopic (exact) mass is 310 g/mol. The van der Waals surface area contributed by atoms with Crippen LogP contribution in [0.15, 0.2) is 29.4 Å². The molecule has 0 radical (unpaired) electrons. The Morgan fingerprint density at radius 3 is 2.45 bits per heavy atom. The summed E-state index contributed by atoms with van der Waals surface area (Å²) in [4.78, 5) is 12.4. The molecule has 0 unspecified atom stereocenters. The van der Waals surface area contributed by atoms with E-state index >= 15 is 0 Å². The summed E-state index contributed by atoms with van der Waals surface area (Å²) in [5.41, 5.74) is 3.34. The van der Waals surface area contributed by atoms with Gasteiger partial charge in [-0.2, -0.15) is 18.3 Å². The molecule has 1 aromatic rings. The van der Waals surface area contributed by atoms with Crippen molar-refractivity contribution < 1.29 is 18.0 Å². The highest BCUT2D eigenvalue weighted by atomic mass is 19.4. The molecule has 0 amide bonds. The fourth-order valence-corrected chi connectivity index (χ4v) is 3.35. The van der Waals surface area contributed by atoms with E-state index in [0.29, 0.717) is 17.7 Å². The van der Waals surface area contributed by atoms with Crippen LogP contribution in [-0.4, -0.2) is 17.5 Å². The van der Waals surface area contributed by atoms with Crippen LogP contribution in [0.25, 0.3) is 0 Å². The van der Waals surface area contributed by atoms with Crippen molar-refractivity contribution in [1.82, 2.24) is 5.43 Å². The van der Waals surface area contributed by atoms with Gasteiger partial charge >= 0.3 is 6.18 Å². The Morgan fingerprint density at radius 2 is 1.86 bits per heavy atom. The molecule has 2 atom stereocenters. The summed E-state index contributed by atoms with van der Waals surface area (Å²) in [6.07, 6.45) is -3.08. The number of alkyl halides is 3. The van der Waals surface area contributed by atoms with E-state index in [1.54, 1.807) is 0 Å². The van der Waals surface area contributed by atoms with E-state index in [-0.39, 0.29) is 23.2 Å². The third-order valence-electron chi connectivity index (χ3n) is 4.33. The number of nitrogens with one attached hydrogen (secondary N) is 1. The maximum atomic E-state index is 12.6. The first kappa shape index (κ1) is 15.1. The summed E-state index contributed by atoms with van der Waals surface area (Å²) in [6.45, 7) is 4.08. The number of hydrogen-bond donors (Lipinski definition) is 1. The summed E-state index contributed by atoms with van der Waals surface area (Å²) in [5.74, 6) is -0.255. The zero-order chi connectivity index (χ0) is 16.1. The number of Topliss-reactive ketones (excluding diaryl/α,β-unsaturated/α-hetero) is 1. The lowest BCUT2D eigenvalue weighted by Gasteiger charge is -2.36. The van der Waals surface area contributed by atoms with Crippen LogP contribution in [0.5, 0.6) is 0 Å². The number of carbonyl (C=O) groups is 1. The largest absolute Gasteiger partial charge is 0.416 e. The van der Waals surface area contributed by atoms with E-state index in [2.05, 4.69) is 10.5 Å². The Hall–Kier alpha value is -1.85. The van der Waals surface area contributed by atoms with Gasteiger partial charge in [-0.05, 0) is 29.5 Å². The number of carbonyl (C=O) groups excluding carboxylic acids is 1. The molecule has 1 heterocycles. The lowest BCUT2D eigenvalue weighted by molar-refractivity contribution is -0.137. The minimum Gasteiger partial charge on any atom is -0.306 e. The second kappa shape index (κ2) is 4.83. The Balaban J connectivity index is 1.86. The van der Waals surface area contributed by atoms with E-state index in [4.69, 9.17) is 0 Å². The lowest BCUT2D eigenvalue weighted by Crippen LogP contribution is -2.45. The van der Waals surface area contributed by atoms with Crippen LogP contribution in [0.2, 0.25) is 0 Å². The second-order valence-corrected chi connectivity index (χ2v) is 6.80. The van der Waals surface area contributed by atoms with Gasteiger partial charge in [0.05, 0.1) is 23.2 Å². The number of hydrogen-bond acceptors (Lipinski definition) is 3. The maximum Gasteiger partial charge on any atom is 0.416 e. The van der Waals surface area contributed by atoms with Gasteiger partial charge < -0.3 is 5.43 Å². The van der Waals surface area contributed by atoms with E-state index in [1.165, 1.54) is 12.1 Å². The topological polar surface area (TPSA) is 41.5 Å². The highest BCUT2D eigenvalue weighted by molar-refractivity contribution is 6.15. The molecule has 0 spiro atoms. The van der Waals surface area contributed by atoms with Gasteiger partial charge in [0.1, 0.15) is 5.78 Å². The van der Waals surface area contributed by atoms with Gasteiger partial charge in [-0.15, -0.1) is 0 Å². The standard InChI is InChI=1S/C16H17F3N2O/c1-15(2)7-11-13(12(22)8-15)14(21-20-11)9-3-5-10(6-4-9)16(17,18)19/h3-6,11,13,20H,7-8H2,1-2H3/t11-,13+/m0/s1. The number of halogens is 3. The zero-order valence-electron chi connectivity index (χ0n) is 12.4. The molecular weight excluding hydrogens is 293 g/mol. The molecule has 0 aromatic heterocycles. The predicted molar refractivity (Wildman–Crippen MR) is 76.4 cm³/mol. The quantitative estimate of drug-likeness (QED) is 0.864. The van der Waals surface area contributed by atoms with Crippen LogP contribution in [0.4, 0.5) is 13.2 Å². The van der Waals surface area contributed by atoms with Gasteiger partial charge in [0.2, 0.25) is 0 Å². The number of ketones is 1. The van der Waals surface area contributed by atoms with Crippen molar-refractivity contribution in [3.05, 3.63) is 35.4 Å². The van der Waals surface area contributed by atoms with Gasteiger partial charge in [-0.3, -0.25) is 4.79 Å². The molecule has 22 heavy (non-hydrogen) atoms. The Kier molecular flexibility index (Phi) is 3.30. The number of hydrazone groups is 1. The van der Waals surface area contributed by atoms with Gasteiger partial charge in [0.25, 0.3) is 0 Å². The minimum absolute atomic E-state index is 0.0615. The van der Waals surface area contributed by atoms with Crippen LogP contribution in [0, 0.1) is 11.3 Å². The van der Waals surface area contributed by atoms with Crippen LogP contribution in [0.3, 0.4) is 0 Å². The molecule has 3 rings (SSSR count). The SMILES string of the molecule is CC1(C)CC(=O)[C@@H]2C(c3ccc(C(F)(F)F)cc3)=NN[C@H]2C1. The average molecular weight is 310 g/mol. The average Bonchev–Trinajstić information content (AvgIpc) is 2.80. The van der Waals surface area contributed by atoms with Crippen molar-refractivity contribution in [3.8, 4) is 0 Å². The highest BCUT2D eigenvalue weighted by Crippen LogP contribution is 2.39. The maximum absolute atomic E-state index is 12.6. The molecule has 1 N–H and O–H groups in total. The first-order valence-electron chi connectivity index (χ1n) is 7.21. The molecule has 0 saturated heterocycles. The van der Waals surface area contributed by atoms with Crippen molar-refractivity contribution in [3.63, 3.8) is 0 Å². The molecule has 3 nitrogen and oxygen atoms in total. The number of benzene rings is 1. The van der Waals surface area contributed by atoms with Crippen molar-refractivity contribution in [2.75, 3.05) is 0 Å². The third-order valence-corrected chi connectivity index (χ3v) is 4.33. The molecular formula is C16H17F3N2O. The molecule has 1 aliphatic carbocycles. The summed E-state index contributed by atoms with van der Waals surface area (Å²) < 4.78 is 37.8. The van der Waals surface area contributed by atoms with E-state index in [1.807, 2.05) is 13.8 Å². The molecule has 1 saturated carbocycles. The number of nitrogens with zero attached hydrogens (tertiary/aromatic N) is 1. The van der Waals surface area contributed by atoms with Gasteiger partial charge in [-0.25, -0.2) is 0 Å². The predicted octanol–water partition coefficient (Wildman–Crippen LogP) is 3.39.